The molecular weight excluding hydrogens is 244 g/mol. The molecule has 4 nitrogen and oxygen atoms in total. The highest BCUT2D eigenvalue weighted by atomic mass is 16.6. The molecule has 1 saturated carbocycles. The number of carbonyl (C=O) groups excluding carboxylic acids is 3. The van der Waals surface area contributed by atoms with Gasteiger partial charge in [0.05, 0.1) is 0 Å². The van der Waals surface area contributed by atoms with Crippen LogP contribution in [0.3, 0.4) is 0 Å². The number of ketones is 2. The Morgan fingerprint density at radius 2 is 1.58 bits per heavy atom. The molecule has 0 bridgehead atoms. The van der Waals surface area contributed by atoms with Crippen LogP contribution in [-0.4, -0.2) is 23.6 Å². The molecule has 2 fully saturated rings. The maximum absolute atomic E-state index is 12.0. The highest BCUT2D eigenvalue weighted by molar-refractivity contribution is 6.00. The van der Waals surface area contributed by atoms with Crippen LogP contribution in [0.15, 0.2) is 36.5 Å². The minimum atomic E-state index is -0.508. The molecule has 0 aromatic heterocycles. The first-order valence-corrected chi connectivity index (χ1v) is 6.22. The van der Waals surface area contributed by atoms with Gasteiger partial charge in [0, 0.05) is 30.8 Å². The largest absolute Gasteiger partial charge is 0.458 e. The van der Waals surface area contributed by atoms with Gasteiger partial charge in [0.25, 0.3) is 0 Å². The number of esters is 1. The zero-order valence-electron chi connectivity index (χ0n) is 10.7. The first-order chi connectivity index (χ1) is 8.90. The lowest BCUT2D eigenvalue weighted by molar-refractivity contribution is -0.139. The molecule has 0 aromatic carbocycles. The third-order valence-electron chi connectivity index (χ3n) is 3.71. The summed E-state index contributed by atoms with van der Waals surface area (Å²) in [7, 11) is 0. The monoisotopic (exact) mass is 260 g/mol. The number of Topliss-reactive ketones (excluding diaryl/α,β-unsaturated/α-hetero) is 2. The molecule has 100 valence electrons. The van der Waals surface area contributed by atoms with Gasteiger partial charge in [0.2, 0.25) is 0 Å². The van der Waals surface area contributed by atoms with Crippen molar-refractivity contribution in [3.8, 4) is 0 Å². The Bertz CT molecular complexity index is 512. The molecule has 2 unspecified atom stereocenters. The van der Waals surface area contributed by atoms with Crippen molar-refractivity contribution in [2.45, 2.75) is 31.8 Å². The predicted octanol–water partition coefficient (Wildman–Crippen LogP) is 1.91. The van der Waals surface area contributed by atoms with Crippen LogP contribution in [0, 0.1) is 5.92 Å². The van der Waals surface area contributed by atoms with Crippen LogP contribution in [0.2, 0.25) is 0 Å². The van der Waals surface area contributed by atoms with Gasteiger partial charge in [-0.25, -0.2) is 4.79 Å². The van der Waals surface area contributed by atoms with Crippen molar-refractivity contribution in [1.29, 1.82) is 0 Å². The Kier molecular flexibility index (Phi) is 3.51. The summed E-state index contributed by atoms with van der Waals surface area (Å²) < 4.78 is 5.18. The van der Waals surface area contributed by atoms with Crippen molar-refractivity contribution in [1.82, 2.24) is 0 Å². The summed E-state index contributed by atoms with van der Waals surface area (Å²) in [6, 6.07) is 0. The number of ether oxygens (including phenoxy) is 1. The molecule has 0 N–H and O–H groups in total. The third kappa shape index (κ3) is 2.57. The van der Waals surface area contributed by atoms with Gasteiger partial charge >= 0.3 is 5.97 Å². The molecule has 0 spiro atoms. The second-order valence-electron chi connectivity index (χ2n) is 5.04. The smallest absolute Gasteiger partial charge is 0.334 e. The van der Waals surface area contributed by atoms with E-state index in [0.29, 0.717) is 23.1 Å². The molecule has 1 heterocycles. The summed E-state index contributed by atoms with van der Waals surface area (Å²) in [5.74, 6) is -1.11. The van der Waals surface area contributed by atoms with E-state index in [-0.39, 0.29) is 36.7 Å². The molecule has 0 amide bonds. The van der Waals surface area contributed by atoms with Crippen LogP contribution in [0.1, 0.15) is 25.7 Å². The van der Waals surface area contributed by atoms with Crippen LogP contribution < -0.4 is 0 Å². The van der Waals surface area contributed by atoms with E-state index in [1.165, 1.54) is 0 Å². The molecule has 19 heavy (non-hydrogen) atoms. The Hall–Kier alpha value is -1.97. The van der Waals surface area contributed by atoms with Gasteiger partial charge in [0.15, 0.2) is 11.6 Å². The maximum atomic E-state index is 12.0. The first-order valence-electron chi connectivity index (χ1n) is 6.22. The van der Waals surface area contributed by atoms with Crippen LogP contribution in [-0.2, 0) is 19.1 Å². The Morgan fingerprint density at radius 3 is 2.26 bits per heavy atom. The van der Waals surface area contributed by atoms with Crippen LogP contribution in [0.4, 0.5) is 0 Å². The van der Waals surface area contributed by atoms with Crippen LogP contribution in [0.5, 0.6) is 0 Å². The summed E-state index contributed by atoms with van der Waals surface area (Å²) in [6.07, 6.45) is 0.500. The van der Waals surface area contributed by atoms with E-state index >= 15 is 0 Å². The van der Waals surface area contributed by atoms with Gasteiger partial charge < -0.3 is 4.74 Å². The number of hydrogen-bond acceptors (Lipinski definition) is 4. The molecular formula is C15H16O4. The second-order valence-corrected chi connectivity index (χ2v) is 5.04. The van der Waals surface area contributed by atoms with E-state index in [2.05, 4.69) is 19.7 Å². The molecule has 1 aliphatic carbocycles. The van der Waals surface area contributed by atoms with Gasteiger partial charge in [-0.2, -0.15) is 0 Å². The van der Waals surface area contributed by atoms with E-state index in [0.717, 1.165) is 0 Å². The lowest BCUT2D eigenvalue weighted by Crippen LogP contribution is -2.24. The minimum absolute atomic E-state index is 0.108. The summed E-state index contributed by atoms with van der Waals surface area (Å²) in [6.45, 7) is 11.1. The van der Waals surface area contributed by atoms with Crippen molar-refractivity contribution in [3.05, 3.63) is 36.5 Å². The van der Waals surface area contributed by atoms with Crippen molar-refractivity contribution in [2.75, 3.05) is 0 Å². The van der Waals surface area contributed by atoms with E-state index in [9.17, 15) is 14.4 Å². The number of allylic oxidation sites excluding steroid dienone is 1. The highest BCUT2D eigenvalue weighted by Gasteiger charge is 2.40. The lowest BCUT2D eigenvalue weighted by atomic mass is 9.84. The fourth-order valence-electron chi connectivity index (χ4n) is 2.39. The quantitative estimate of drug-likeness (QED) is 0.493. The van der Waals surface area contributed by atoms with E-state index in [1.54, 1.807) is 0 Å². The molecule has 0 aromatic rings. The van der Waals surface area contributed by atoms with Crippen molar-refractivity contribution in [2.24, 2.45) is 5.92 Å². The van der Waals surface area contributed by atoms with Gasteiger partial charge in [0.1, 0.15) is 6.10 Å². The first kappa shape index (κ1) is 13.5. The molecule has 1 saturated heterocycles. The van der Waals surface area contributed by atoms with Gasteiger partial charge in [-0.15, -0.1) is 0 Å². The average Bonchev–Trinajstić information content (AvgIpc) is 2.62. The SMILES string of the molecule is C=C1CC2OC(=O)C(=C)C2CC(=O)C(=C)CCC1=O. The standard InChI is InChI=1S/C15H16O4/c1-8-4-5-12(16)9(2)6-14-11(7-13(8)17)10(3)15(18)19-14/h11,14H,1-7H2. The number of rotatable bonds is 0. The minimum Gasteiger partial charge on any atom is -0.458 e. The summed E-state index contributed by atoms with van der Waals surface area (Å²) in [5, 5.41) is 0. The molecule has 0 radical (unpaired) electrons. The molecule has 4 heteroatoms. The lowest BCUT2D eigenvalue weighted by Gasteiger charge is -2.20. The Balaban J connectivity index is 2.29. The number of hydrogen-bond donors (Lipinski definition) is 0. The molecule has 2 rings (SSSR count). The number of carbonyl (C=O) groups is 3. The Labute approximate surface area is 111 Å². The van der Waals surface area contributed by atoms with E-state index < -0.39 is 12.1 Å². The Morgan fingerprint density at radius 1 is 0.895 bits per heavy atom. The fourth-order valence-corrected chi connectivity index (χ4v) is 2.39. The van der Waals surface area contributed by atoms with Gasteiger partial charge in [-0.3, -0.25) is 9.59 Å². The zero-order valence-corrected chi connectivity index (χ0v) is 10.7. The fraction of sp³-hybridized carbons (Fsp3) is 0.400. The highest BCUT2D eigenvalue weighted by Crippen LogP contribution is 2.35. The summed E-state index contributed by atoms with van der Waals surface area (Å²) in [5.41, 5.74) is 1.14. The topological polar surface area (TPSA) is 60.4 Å². The van der Waals surface area contributed by atoms with Crippen molar-refractivity contribution < 1.29 is 19.1 Å². The third-order valence-corrected chi connectivity index (χ3v) is 3.71. The van der Waals surface area contributed by atoms with Crippen LogP contribution in [0.25, 0.3) is 0 Å². The summed E-state index contributed by atoms with van der Waals surface area (Å²) in [4.78, 5) is 35.3. The van der Waals surface area contributed by atoms with Crippen molar-refractivity contribution >= 4 is 17.5 Å². The van der Waals surface area contributed by atoms with Gasteiger partial charge in [-0.1, -0.05) is 19.7 Å². The van der Waals surface area contributed by atoms with Crippen molar-refractivity contribution in [3.63, 3.8) is 0 Å². The summed E-state index contributed by atoms with van der Waals surface area (Å²) >= 11 is 0. The average molecular weight is 260 g/mol. The maximum Gasteiger partial charge on any atom is 0.334 e. The second kappa shape index (κ2) is 4.96. The molecule has 2 aliphatic rings. The van der Waals surface area contributed by atoms with Crippen LogP contribution >= 0.6 is 0 Å². The molecule has 1 aliphatic heterocycles. The zero-order chi connectivity index (χ0) is 14.2. The number of fused-ring (bicyclic) bond motifs is 1. The van der Waals surface area contributed by atoms with Gasteiger partial charge in [-0.05, 0) is 17.6 Å². The van der Waals surface area contributed by atoms with E-state index in [4.69, 9.17) is 4.74 Å². The molecule has 2 atom stereocenters. The predicted molar refractivity (Wildman–Crippen MR) is 69.3 cm³/mol. The normalized spacial score (nSPS) is 29.3. The van der Waals surface area contributed by atoms with E-state index in [1.807, 2.05) is 0 Å².